The van der Waals surface area contributed by atoms with E-state index in [0.29, 0.717) is 34.5 Å². The van der Waals surface area contributed by atoms with Crippen molar-refractivity contribution >= 4 is 29.1 Å². The van der Waals surface area contributed by atoms with Crippen LogP contribution in [0.15, 0.2) is 54.7 Å². The summed E-state index contributed by atoms with van der Waals surface area (Å²) >= 11 is 12.0. The lowest BCUT2D eigenvalue weighted by atomic mass is 10.1. The monoisotopic (exact) mass is 417 g/mol. The van der Waals surface area contributed by atoms with Gasteiger partial charge < -0.3 is 9.64 Å². The third-order valence-corrected chi connectivity index (χ3v) is 4.76. The first-order valence-corrected chi connectivity index (χ1v) is 9.66. The average molecular weight is 418 g/mol. The van der Waals surface area contributed by atoms with Gasteiger partial charge in [0.15, 0.2) is 0 Å². The molecule has 3 aromatic rings. The number of amides is 1. The number of ether oxygens (including phenoxy) is 1. The molecule has 1 amide bonds. The number of rotatable bonds is 7. The highest BCUT2D eigenvalue weighted by molar-refractivity contribution is 6.35. The number of carbonyl (C=O) groups excluding carboxylic acids is 1. The Hall–Kier alpha value is -2.50. The molecule has 0 aliphatic rings. The fourth-order valence-corrected chi connectivity index (χ4v) is 3.21. The lowest BCUT2D eigenvalue weighted by Gasteiger charge is -2.16. The highest BCUT2D eigenvalue weighted by Gasteiger charge is 2.14. The van der Waals surface area contributed by atoms with Crippen LogP contribution in [0.3, 0.4) is 0 Å². The summed E-state index contributed by atoms with van der Waals surface area (Å²) < 4.78 is 7.60. The van der Waals surface area contributed by atoms with Gasteiger partial charge in [-0.2, -0.15) is 5.10 Å². The molecule has 1 aromatic heterocycles. The molecule has 1 heterocycles. The van der Waals surface area contributed by atoms with Crippen LogP contribution in [0.5, 0.6) is 5.75 Å². The van der Waals surface area contributed by atoms with Gasteiger partial charge in [0.05, 0.1) is 17.3 Å². The van der Waals surface area contributed by atoms with Crippen molar-refractivity contribution in [1.29, 1.82) is 0 Å². The van der Waals surface area contributed by atoms with Crippen LogP contribution in [-0.4, -0.2) is 27.6 Å². The lowest BCUT2D eigenvalue weighted by molar-refractivity contribution is 0.0783. The minimum absolute atomic E-state index is 0.0718. The first-order chi connectivity index (χ1) is 13.5. The van der Waals surface area contributed by atoms with Gasteiger partial charge in [-0.1, -0.05) is 35.3 Å². The molecular weight excluding hydrogens is 397 g/mol. The summed E-state index contributed by atoms with van der Waals surface area (Å²) in [5.41, 5.74) is 2.33. The van der Waals surface area contributed by atoms with Crippen molar-refractivity contribution in [2.75, 3.05) is 7.05 Å². The number of halogens is 2. The molecule has 2 aromatic carbocycles. The molecule has 0 radical (unpaired) electrons. The molecule has 0 unspecified atom stereocenters. The largest absolute Gasteiger partial charge is 0.487 e. The maximum Gasteiger partial charge on any atom is 0.253 e. The summed E-state index contributed by atoms with van der Waals surface area (Å²) in [6.07, 6.45) is 1.91. The second-order valence-electron chi connectivity index (χ2n) is 6.39. The third-order valence-electron chi connectivity index (χ3n) is 4.23. The van der Waals surface area contributed by atoms with Crippen molar-refractivity contribution in [3.05, 3.63) is 81.6 Å². The normalized spacial score (nSPS) is 10.7. The molecule has 0 atom stereocenters. The number of hydrogen-bond acceptors (Lipinski definition) is 3. The van der Waals surface area contributed by atoms with Gasteiger partial charge in [-0.3, -0.25) is 9.48 Å². The SMILES string of the molecule is CCn1ccc(CN(C)C(=O)c2cccc(COc3ccc(Cl)cc3Cl)c2)n1. The highest BCUT2D eigenvalue weighted by Crippen LogP contribution is 2.28. The van der Waals surface area contributed by atoms with Gasteiger partial charge in [-0.15, -0.1) is 0 Å². The maximum atomic E-state index is 12.8. The summed E-state index contributed by atoms with van der Waals surface area (Å²) in [5, 5.41) is 5.42. The van der Waals surface area contributed by atoms with E-state index in [1.807, 2.05) is 42.1 Å². The number of benzene rings is 2. The van der Waals surface area contributed by atoms with Gasteiger partial charge in [0, 0.05) is 30.4 Å². The van der Waals surface area contributed by atoms with E-state index >= 15 is 0 Å². The molecule has 0 aliphatic carbocycles. The Kier molecular flexibility index (Phi) is 6.60. The van der Waals surface area contributed by atoms with Gasteiger partial charge in [-0.05, 0) is 48.9 Å². The van der Waals surface area contributed by atoms with Crippen LogP contribution in [0.4, 0.5) is 0 Å². The van der Waals surface area contributed by atoms with Crippen molar-refractivity contribution in [3.8, 4) is 5.75 Å². The van der Waals surface area contributed by atoms with Gasteiger partial charge in [-0.25, -0.2) is 0 Å². The molecule has 0 N–H and O–H groups in total. The van der Waals surface area contributed by atoms with Crippen molar-refractivity contribution < 1.29 is 9.53 Å². The molecule has 28 heavy (non-hydrogen) atoms. The standard InChI is InChI=1S/C21H21Cl2N3O2/c1-3-26-10-9-18(24-26)13-25(2)21(27)16-6-4-5-15(11-16)14-28-20-8-7-17(22)12-19(20)23/h4-12H,3,13-14H2,1-2H3. The molecule has 0 aliphatic heterocycles. The smallest absolute Gasteiger partial charge is 0.253 e. The number of aromatic nitrogens is 2. The van der Waals surface area contributed by atoms with Crippen molar-refractivity contribution in [1.82, 2.24) is 14.7 Å². The van der Waals surface area contributed by atoms with E-state index in [-0.39, 0.29) is 5.91 Å². The zero-order valence-electron chi connectivity index (χ0n) is 15.7. The van der Waals surface area contributed by atoms with Crippen LogP contribution in [0.25, 0.3) is 0 Å². The highest BCUT2D eigenvalue weighted by atomic mass is 35.5. The van der Waals surface area contributed by atoms with Crippen LogP contribution < -0.4 is 4.74 Å². The molecule has 0 saturated carbocycles. The number of nitrogens with zero attached hydrogens (tertiary/aromatic N) is 3. The number of hydrogen-bond donors (Lipinski definition) is 0. The van der Waals surface area contributed by atoms with E-state index in [1.54, 1.807) is 36.2 Å². The molecule has 5 nitrogen and oxygen atoms in total. The summed E-state index contributed by atoms with van der Waals surface area (Å²) in [5.74, 6) is 0.476. The molecule has 0 fully saturated rings. The Bertz CT molecular complexity index is 972. The number of aryl methyl sites for hydroxylation is 1. The van der Waals surface area contributed by atoms with E-state index in [4.69, 9.17) is 27.9 Å². The van der Waals surface area contributed by atoms with Crippen LogP contribution >= 0.6 is 23.2 Å². The fraction of sp³-hybridized carbons (Fsp3) is 0.238. The van der Waals surface area contributed by atoms with E-state index in [9.17, 15) is 4.79 Å². The predicted octanol–water partition coefficient (Wildman–Crippen LogP) is 5.06. The molecular formula is C21H21Cl2N3O2. The van der Waals surface area contributed by atoms with Gasteiger partial charge in [0.2, 0.25) is 0 Å². The van der Waals surface area contributed by atoms with E-state index in [2.05, 4.69) is 5.10 Å². The predicted molar refractivity (Wildman–Crippen MR) is 111 cm³/mol. The second kappa shape index (κ2) is 9.13. The van der Waals surface area contributed by atoms with E-state index in [0.717, 1.165) is 17.8 Å². The first kappa shape index (κ1) is 20.2. The van der Waals surface area contributed by atoms with Crippen LogP contribution in [0.1, 0.15) is 28.5 Å². The molecule has 146 valence electrons. The van der Waals surface area contributed by atoms with Gasteiger partial charge in [0.1, 0.15) is 12.4 Å². The quantitative estimate of drug-likeness (QED) is 0.539. The Morgan fingerprint density at radius 2 is 2.00 bits per heavy atom. The number of carbonyl (C=O) groups is 1. The van der Waals surface area contributed by atoms with Crippen molar-refractivity contribution in [3.63, 3.8) is 0 Å². The molecule has 0 saturated heterocycles. The Balaban J connectivity index is 1.65. The van der Waals surface area contributed by atoms with Crippen molar-refractivity contribution in [2.45, 2.75) is 26.6 Å². The summed E-state index contributed by atoms with van der Waals surface area (Å²) in [7, 11) is 1.77. The third kappa shape index (κ3) is 5.06. The van der Waals surface area contributed by atoms with Gasteiger partial charge in [0.25, 0.3) is 5.91 Å². The lowest BCUT2D eigenvalue weighted by Crippen LogP contribution is -2.26. The van der Waals surface area contributed by atoms with E-state index < -0.39 is 0 Å². The first-order valence-electron chi connectivity index (χ1n) is 8.91. The fourth-order valence-electron chi connectivity index (χ4n) is 2.75. The minimum Gasteiger partial charge on any atom is -0.487 e. The molecule has 7 heteroatoms. The maximum absolute atomic E-state index is 12.8. The second-order valence-corrected chi connectivity index (χ2v) is 7.23. The molecule has 0 spiro atoms. The summed E-state index contributed by atoms with van der Waals surface area (Å²) in [6, 6.07) is 14.4. The van der Waals surface area contributed by atoms with Crippen LogP contribution in [-0.2, 0) is 19.7 Å². The summed E-state index contributed by atoms with van der Waals surface area (Å²) in [6.45, 7) is 3.58. The summed E-state index contributed by atoms with van der Waals surface area (Å²) in [4.78, 5) is 14.4. The zero-order valence-corrected chi connectivity index (χ0v) is 17.2. The molecule has 3 rings (SSSR count). The van der Waals surface area contributed by atoms with Crippen molar-refractivity contribution in [2.24, 2.45) is 0 Å². The molecule has 0 bridgehead atoms. The topological polar surface area (TPSA) is 47.4 Å². The zero-order chi connectivity index (χ0) is 20.1. The minimum atomic E-state index is -0.0718. The Morgan fingerprint density at radius 3 is 2.71 bits per heavy atom. The van der Waals surface area contributed by atoms with Crippen LogP contribution in [0.2, 0.25) is 10.0 Å². The Labute approximate surface area is 174 Å². The Morgan fingerprint density at radius 1 is 1.18 bits per heavy atom. The van der Waals surface area contributed by atoms with Gasteiger partial charge >= 0.3 is 0 Å². The van der Waals surface area contributed by atoms with Crippen LogP contribution in [0, 0.1) is 0 Å². The van der Waals surface area contributed by atoms with E-state index in [1.165, 1.54) is 0 Å². The average Bonchev–Trinajstić information content (AvgIpc) is 3.14.